The number of aromatic hydroxyl groups is 1. The molecule has 0 spiro atoms. The average molecular weight is 336 g/mol. The van der Waals surface area contributed by atoms with E-state index in [2.05, 4.69) is 10.5 Å². The number of likely N-dealkylation sites (tertiary alicyclic amines) is 1. The molecule has 1 aliphatic rings. The molecule has 0 radical (unpaired) electrons. The van der Waals surface area contributed by atoms with E-state index in [1.165, 1.54) is 18.2 Å². The van der Waals surface area contributed by atoms with Crippen molar-refractivity contribution in [2.45, 2.75) is 12.8 Å². The number of carboxylic acid groups (broad SMARTS) is 1. The Morgan fingerprint density at radius 3 is 2.52 bits per heavy atom. The summed E-state index contributed by atoms with van der Waals surface area (Å²) in [4.78, 5) is 24.7. The molecule has 23 heavy (non-hydrogen) atoms. The zero-order valence-corrected chi connectivity index (χ0v) is 13.0. The van der Waals surface area contributed by atoms with Gasteiger partial charge in [0.15, 0.2) is 5.71 Å². The highest BCUT2D eigenvalue weighted by molar-refractivity contribution is 7.82. The van der Waals surface area contributed by atoms with Gasteiger partial charge in [-0.05, 0) is 31.0 Å². The predicted octanol–water partition coefficient (Wildman–Crippen LogP) is 0.767. The average Bonchev–Trinajstić information content (AvgIpc) is 3.02. The number of hydrogen-bond acceptors (Lipinski definition) is 6. The highest BCUT2D eigenvalue weighted by Crippen LogP contribution is 2.21. The number of carboxylic acids is 1. The Kier molecular flexibility index (Phi) is 5.12. The molecule has 1 heterocycles. The van der Waals surface area contributed by atoms with Gasteiger partial charge in [-0.1, -0.05) is 12.2 Å². The maximum atomic E-state index is 12.3. The Morgan fingerprint density at radius 2 is 1.96 bits per heavy atom. The highest BCUT2D eigenvalue weighted by atomic mass is 32.1. The largest absolute Gasteiger partial charge is 0.507 e. The number of carbonyl (C=O) groups is 2. The maximum Gasteiger partial charge on any atom is 0.339 e. The van der Waals surface area contributed by atoms with Crippen LogP contribution in [0.4, 0.5) is 5.69 Å². The van der Waals surface area contributed by atoms with Crippen molar-refractivity contribution in [3.05, 3.63) is 23.8 Å². The number of nitrogens with two attached hydrogens (primary N) is 1. The molecule has 1 aromatic rings. The summed E-state index contributed by atoms with van der Waals surface area (Å²) in [6.45, 7) is 1.26. The normalized spacial score (nSPS) is 14.6. The molecule has 1 saturated heterocycles. The van der Waals surface area contributed by atoms with E-state index < -0.39 is 5.97 Å². The van der Waals surface area contributed by atoms with Crippen molar-refractivity contribution in [2.75, 3.05) is 18.5 Å². The van der Waals surface area contributed by atoms with Crippen molar-refractivity contribution in [1.29, 1.82) is 0 Å². The molecule has 1 amide bonds. The number of nitrogens with one attached hydrogen (secondary N) is 1. The number of hydrazone groups is 1. The Bertz CT molecular complexity index is 683. The summed E-state index contributed by atoms with van der Waals surface area (Å²) in [6.07, 6.45) is 1.84. The van der Waals surface area contributed by atoms with Gasteiger partial charge in [0, 0.05) is 13.1 Å². The molecule has 5 N–H and O–H groups in total. The van der Waals surface area contributed by atoms with E-state index in [9.17, 15) is 14.7 Å². The summed E-state index contributed by atoms with van der Waals surface area (Å²) in [5, 5.41) is 22.3. The Hall–Kier alpha value is -2.68. The van der Waals surface area contributed by atoms with Crippen LogP contribution < -0.4 is 11.2 Å². The second-order valence-electron chi connectivity index (χ2n) is 4.97. The summed E-state index contributed by atoms with van der Waals surface area (Å²) >= 11 is 4.86. The first-order valence-electron chi connectivity index (χ1n) is 6.89. The second kappa shape index (κ2) is 7.05. The summed E-state index contributed by atoms with van der Waals surface area (Å²) in [7, 11) is 0. The monoisotopic (exact) mass is 336 g/mol. The van der Waals surface area contributed by atoms with Crippen LogP contribution in [0, 0.1) is 0 Å². The third-order valence-corrected chi connectivity index (χ3v) is 3.55. The molecule has 8 nitrogen and oxygen atoms in total. The number of thiocarbonyl (C=S) groups is 1. The van der Waals surface area contributed by atoms with E-state index in [4.69, 9.17) is 23.1 Å². The van der Waals surface area contributed by atoms with Crippen LogP contribution in [0.5, 0.6) is 5.75 Å². The van der Waals surface area contributed by atoms with E-state index in [0.717, 1.165) is 12.8 Å². The lowest BCUT2D eigenvalue weighted by atomic mass is 10.2. The smallest absolute Gasteiger partial charge is 0.339 e. The number of benzene rings is 1. The van der Waals surface area contributed by atoms with Gasteiger partial charge < -0.3 is 20.8 Å². The van der Waals surface area contributed by atoms with Gasteiger partial charge in [0.25, 0.3) is 5.91 Å². The Labute approximate surface area is 137 Å². The number of phenols is 1. The second-order valence-corrected chi connectivity index (χ2v) is 5.41. The Morgan fingerprint density at radius 1 is 1.30 bits per heavy atom. The molecule has 1 fully saturated rings. The minimum absolute atomic E-state index is 0.0909. The molecule has 0 atom stereocenters. The lowest BCUT2D eigenvalue weighted by Gasteiger charge is -2.16. The zero-order chi connectivity index (χ0) is 17.0. The molecular weight excluding hydrogens is 320 g/mol. The molecule has 1 aliphatic heterocycles. The number of hydrogen-bond donors (Lipinski definition) is 4. The number of amides is 1. The summed E-state index contributed by atoms with van der Waals surface area (Å²) < 4.78 is 0. The quantitative estimate of drug-likeness (QED) is 0.270. The summed E-state index contributed by atoms with van der Waals surface area (Å²) in [5.41, 5.74) is 8.01. The minimum atomic E-state index is -1.28. The molecule has 0 aromatic heterocycles. The lowest BCUT2D eigenvalue weighted by Crippen LogP contribution is -2.40. The number of anilines is 1. The van der Waals surface area contributed by atoms with Crippen molar-refractivity contribution in [1.82, 2.24) is 4.90 Å². The molecule has 0 aliphatic carbocycles. The third-order valence-electron chi connectivity index (χ3n) is 3.35. The van der Waals surface area contributed by atoms with Gasteiger partial charge >= 0.3 is 5.97 Å². The number of nitrogens with zero attached hydrogens (tertiary/aromatic N) is 2. The first-order chi connectivity index (χ1) is 10.9. The molecule has 1 aromatic carbocycles. The van der Waals surface area contributed by atoms with Gasteiger partial charge in [-0.2, -0.15) is 5.10 Å². The van der Waals surface area contributed by atoms with Crippen LogP contribution in [-0.4, -0.2) is 50.8 Å². The SMILES string of the molecule is NC(=S)C(=NNc1ccc(O)c(C(=O)O)c1)C(=O)N1CCCC1. The highest BCUT2D eigenvalue weighted by Gasteiger charge is 2.24. The first kappa shape index (κ1) is 16.7. The van der Waals surface area contributed by atoms with Crippen LogP contribution in [-0.2, 0) is 4.79 Å². The van der Waals surface area contributed by atoms with Crippen LogP contribution in [0.2, 0.25) is 0 Å². The van der Waals surface area contributed by atoms with E-state index in [0.29, 0.717) is 13.1 Å². The van der Waals surface area contributed by atoms with Gasteiger partial charge in [-0.25, -0.2) is 4.79 Å². The van der Waals surface area contributed by atoms with Crippen molar-refractivity contribution in [2.24, 2.45) is 10.8 Å². The predicted molar refractivity (Wildman–Crippen MR) is 88.7 cm³/mol. The van der Waals surface area contributed by atoms with Crippen LogP contribution in [0.1, 0.15) is 23.2 Å². The fourth-order valence-corrected chi connectivity index (χ4v) is 2.31. The van der Waals surface area contributed by atoms with Gasteiger partial charge in [-0.15, -0.1) is 0 Å². The third kappa shape index (κ3) is 3.95. The van der Waals surface area contributed by atoms with Gasteiger partial charge in [0.2, 0.25) is 0 Å². The minimum Gasteiger partial charge on any atom is -0.507 e. The van der Waals surface area contributed by atoms with Crippen LogP contribution in [0.3, 0.4) is 0 Å². The lowest BCUT2D eigenvalue weighted by molar-refractivity contribution is -0.122. The molecule has 2 rings (SSSR count). The summed E-state index contributed by atoms with van der Waals surface area (Å²) in [6, 6.07) is 3.82. The first-order valence-corrected chi connectivity index (χ1v) is 7.30. The topological polar surface area (TPSA) is 128 Å². The molecule has 122 valence electrons. The molecule has 0 bridgehead atoms. The van der Waals surface area contributed by atoms with Crippen LogP contribution >= 0.6 is 12.2 Å². The van der Waals surface area contributed by atoms with Crippen molar-refractivity contribution in [3.63, 3.8) is 0 Å². The van der Waals surface area contributed by atoms with E-state index in [1.807, 2.05) is 0 Å². The van der Waals surface area contributed by atoms with Crippen molar-refractivity contribution in [3.8, 4) is 5.75 Å². The fourth-order valence-electron chi connectivity index (χ4n) is 2.18. The summed E-state index contributed by atoms with van der Waals surface area (Å²) in [5.74, 6) is -2.01. The van der Waals surface area contributed by atoms with Gasteiger partial charge in [0.1, 0.15) is 16.3 Å². The molecular formula is C14H16N4O4S. The standard InChI is InChI=1S/C14H16N4O4S/c15-12(23)11(13(20)18-5-1-2-6-18)17-16-8-3-4-10(19)9(7-8)14(21)22/h3-4,7,16,19H,1-2,5-6H2,(H2,15,23)(H,21,22). The van der Waals surface area contributed by atoms with Crippen LogP contribution in [0.25, 0.3) is 0 Å². The molecule has 9 heteroatoms. The van der Waals surface area contributed by atoms with Gasteiger partial charge in [-0.3, -0.25) is 10.2 Å². The number of carbonyl (C=O) groups excluding carboxylic acids is 1. The number of aromatic carboxylic acids is 1. The van der Waals surface area contributed by atoms with E-state index in [1.54, 1.807) is 4.90 Å². The Balaban J connectivity index is 2.21. The van der Waals surface area contributed by atoms with Crippen LogP contribution in [0.15, 0.2) is 23.3 Å². The zero-order valence-electron chi connectivity index (χ0n) is 12.2. The van der Waals surface area contributed by atoms with Crippen molar-refractivity contribution >= 4 is 40.5 Å². The molecule has 0 unspecified atom stereocenters. The fraction of sp³-hybridized carbons (Fsp3) is 0.286. The molecule has 0 saturated carbocycles. The van der Waals surface area contributed by atoms with E-state index in [-0.39, 0.29) is 33.6 Å². The van der Waals surface area contributed by atoms with E-state index >= 15 is 0 Å². The maximum absolute atomic E-state index is 12.3. The van der Waals surface area contributed by atoms with Crippen molar-refractivity contribution < 1.29 is 19.8 Å². The number of rotatable bonds is 5. The van der Waals surface area contributed by atoms with Gasteiger partial charge in [0.05, 0.1) is 5.69 Å².